The Bertz CT molecular complexity index is 629. The number of hydrogen-bond acceptors (Lipinski definition) is 3. The predicted octanol–water partition coefficient (Wildman–Crippen LogP) is 4.65. The SMILES string of the molecule is CC1(C)CNc2cc(Oc3ccccc3Cl)ncc21.Cl. The van der Waals surface area contributed by atoms with E-state index in [-0.39, 0.29) is 17.8 Å². The van der Waals surface area contributed by atoms with E-state index in [9.17, 15) is 0 Å². The molecule has 0 fully saturated rings. The lowest BCUT2D eigenvalue weighted by molar-refractivity contribution is 0.462. The first-order valence-electron chi connectivity index (χ1n) is 6.23. The zero-order chi connectivity index (χ0) is 13.5. The zero-order valence-electron chi connectivity index (χ0n) is 11.3. The molecule has 20 heavy (non-hydrogen) atoms. The fourth-order valence-electron chi connectivity index (χ4n) is 2.23. The van der Waals surface area contributed by atoms with Crippen molar-refractivity contribution in [2.45, 2.75) is 19.3 Å². The molecule has 0 saturated heterocycles. The Labute approximate surface area is 129 Å². The van der Waals surface area contributed by atoms with E-state index in [0.29, 0.717) is 16.7 Å². The van der Waals surface area contributed by atoms with Crippen molar-refractivity contribution in [2.75, 3.05) is 11.9 Å². The lowest BCUT2D eigenvalue weighted by Crippen LogP contribution is -2.18. The Morgan fingerprint density at radius 2 is 2.05 bits per heavy atom. The third-order valence-corrected chi connectivity index (χ3v) is 3.69. The van der Waals surface area contributed by atoms with Crippen LogP contribution in [-0.2, 0) is 5.41 Å². The number of halogens is 2. The lowest BCUT2D eigenvalue weighted by atomic mass is 9.88. The Morgan fingerprint density at radius 1 is 1.30 bits per heavy atom. The van der Waals surface area contributed by atoms with Crippen LogP contribution in [0.4, 0.5) is 5.69 Å². The van der Waals surface area contributed by atoms with Gasteiger partial charge in [-0.3, -0.25) is 0 Å². The van der Waals surface area contributed by atoms with E-state index in [1.54, 1.807) is 6.07 Å². The first-order valence-corrected chi connectivity index (χ1v) is 6.61. The maximum absolute atomic E-state index is 6.07. The van der Waals surface area contributed by atoms with Crippen molar-refractivity contribution >= 4 is 29.7 Å². The number of benzene rings is 1. The van der Waals surface area contributed by atoms with Gasteiger partial charge in [0.2, 0.25) is 5.88 Å². The summed E-state index contributed by atoms with van der Waals surface area (Å²) in [5.74, 6) is 1.17. The lowest BCUT2D eigenvalue weighted by Gasteiger charge is -2.16. The second-order valence-electron chi connectivity index (χ2n) is 5.34. The van der Waals surface area contributed by atoms with Crippen molar-refractivity contribution < 1.29 is 4.74 Å². The van der Waals surface area contributed by atoms with Gasteiger partial charge < -0.3 is 10.1 Å². The van der Waals surface area contributed by atoms with Crippen LogP contribution in [0.5, 0.6) is 11.6 Å². The number of ether oxygens (including phenoxy) is 1. The molecule has 0 aliphatic carbocycles. The number of anilines is 1. The molecule has 0 spiro atoms. The Balaban J connectivity index is 0.00000147. The van der Waals surface area contributed by atoms with Gasteiger partial charge in [0, 0.05) is 35.5 Å². The highest BCUT2D eigenvalue weighted by molar-refractivity contribution is 6.32. The van der Waals surface area contributed by atoms with E-state index in [4.69, 9.17) is 16.3 Å². The largest absolute Gasteiger partial charge is 0.437 e. The molecule has 0 saturated carbocycles. The highest BCUT2D eigenvalue weighted by atomic mass is 35.5. The summed E-state index contributed by atoms with van der Waals surface area (Å²) in [6.07, 6.45) is 1.88. The van der Waals surface area contributed by atoms with Crippen LogP contribution < -0.4 is 10.1 Å². The molecule has 0 atom stereocenters. The number of para-hydroxylation sites is 1. The van der Waals surface area contributed by atoms with Crippen LogP contribution in [-0.4, -0.2) is 11.5 Å². The maximum Gasteiger partial charge on any atom is 0.221 e. The molecule has 0 unspecified atom stereocenters. The van der Waals surface area contributed by atoms with Crippen LogP contribution in [0.2, 0.25) is 5.02 Å². The fraction of sp³-hybridized carbons (Fsp3) is 0.267. The molecule has 2 aromatic rings. The monoisotopic (exact) mass is 310 g/mol. The van der Waals surface area contributed by atoms with E-state index >= 15 is 0 Å². The van der Waals surface area contributed by atoms with Gasteiger partial charge in [0.15, 0.2) is 0 Å². The standard InChI is InChI=1S/C15H15ClN2O.ClH/c1-15(2)9-18-12-7-14(17-8-10(12)15)19-13-6-4-3-5-11(13)16;/h3-8,18H,9H2,1-2H3;1H. The smallest absolute Gasteiger partial charge is 0.221 e. The van der Waals surface area contributed by atoms with Gasteiger partial charge in [-0.25, -0.2) is 4.98 Å². The summed E-state index contributed by atoms with van der Waals surface area (Å²) in [5.41, 5.74) is 2.42. The fourth-order valence-corrected chi connectivity index (χ4v) is 2.40. The maximum atomic E-state index is 6.07. The second-order valence-corrected chi connectivity index (χ2v) is 5.75. The number of fused-ring (bicyclic) bond motifs is 1. The highest BCUT2D eigenvalue weighted by Crippen LogP contribution is 2.38. The minimum atomic E-state index is 0. The topological polar surface area (TPSA) is 34.1 Å². The van der Waals surface area contributed by atoms with Crippen LogP contribution in [0.3, 0.4) is 0 Å². The van der Waals surface area contributed by atoms with Crippen LogP contribution in [0.15, 0.2) is 36.5 Å². The molecule has 1 aliphatic heterocycles. The molecule has 0 bridgehead atoms. The first kappa shape index (κ1) is 14.9. The molecule has 0 radical (unpaired) electrons. The molecule has 1 N–H and O–H groups in total. The molecule has 2 heterocycles. The molecule has 0 amide bonds. The van der Waals surface area contributed by atoms with Gasteiger partial charge in [0.25, 0.3) is 0 Å². The molecule has 5 heteroatoms. The zero-order valence-corrected chi connectivity index (χ0v) is 12.9. The third kappa shape index (κ3) is 2.69. The van der Waals surface area contributed by atoms with E-state index in [1.165, 1.54) is 5.56 Å². The van der Waals surface area contributed by atoms with Gasteiger partial charge in [-0.15, -0.1) is 12.4 Å². The van der Waals surface area contributed by atoms with Crippen molar-refractivity contribution in [1.29, 1.82) is 0 Å². The summed E-state index contributed by atoms with van der Waals surface area (Å²) in [7, 11) is 0. The van der Waals surface area contributed by atoms with Crippen molar-refractivity contribution in [2.24, 2.45) is 0 Å². The Hall–Kier alpha value is -1.45. The van der Waals surface area contributed by atoms with Crippen LogP contribution in [0.25, 0.3) is 0 Å². The summed E-state index contributed by atoms with van der Waals surface area (Å²) in [4.78, 5) is 4.36. The summed E-state index contributed by atoms with van der Waals surface area (Å²) in [6.45, 7) is 5.31. The molecule has 1 aromatic carbocycles. The van der Waals surface area contributed by atoms with Crippen molar-refractivity contribution in [3.63, 3.8) is 0 Å². The predicted molar refractivity (Wildman–Crippen MR) is 84.5 cm³/mol. The first-order chi connectivity index (χ1) is 9.06. The van der Waals surface area contributed by atoms with Crippen molar-refractivity contribution in [3.8, 4) is 11.6 Å². The average Bonchev–Trinajstić information content (AvgIpc) is 2.68. The normalized spacial score (nSPS) is 14.9. The molecule has 3 rings (SSSR count). The van der Waals surface area contributed by atoms with Crippen LogP contribution in [0.1, 0.15) is 19.4 Å². The number of hydrogen-bond donors (Lipinski definition) is 1. The van der Waals surface area contributed by atoms with E-state index in [0.717, 1.165) is 12.2 Å². The minimum absolute atomic E-state index is 0. The van der Waals surface area contributed by atoms with Crippen molar-refractivity contribution in [1.82, 2.24) is 4.98 Å². The van der Waals surface area contributed by atoms with E-state index < -0.39 is 0 Å². The summed E-state index contributed by atoms with van der Waals surface area (Å²) >= 11 is 6.07. The molecule has 1 aromatic heterocycles. The molecular weight excluding hydrogens is 295 g/mol. The second kappa shape index (κ2) is 5.51. The number of pyridine rings is 1. The molecular formula is C15H16Cl2N2O. The quantitative estimate of drug-likeness (QED) is 0.876. The van der Waals surface area contributed by atoms with Gasteiger partial charge in [0.05, 0.1) is 5.02 Å². The minimum Gasteiger partial charge on any atom is -0.437 e. The Kier molecular flexibility index (Phi) is 4.11. The molecule has 3 nitrogen and oxygen atoms in total. The summed E-state index contributed by atoms with van der Waals surface area (Å²) < 4.78 is 5.72. The summed E-state index contributed by atoms with van der Waals surface area (Å²) in [6, 6.07) is 9.30. The number of nitrogens with zero attached hydrogens (tertiary/aromatic N) is 1. The van der Waals surface area contributed by atoms with Crippen LogP contribution in [0, 0.1) is 0 Å². The van der Waals surface area contributed by atoms with Gasteiger partial charge in [-0.05, 0) is 12.1 Å². The highest BCUT2D eigenvalue weighted by Gasteiger charge is 2.30. The van der Waals surface area contributed by atoms with E-state index in [2.05, 4.69) is 24.1 Å². The van der Waals surface area contributed by atoms with Gasteiger partial charge in [-0.2, -0.15) is 0 Å². The average molecular weight is 311 g/mol. The van der Waals surface area contributed by atoms with Crippen LogP contribution >= 0.6 is 24.0 Å². The third-order valence-electron chi connectivity index (χ3n) is 3.38. The van der Waals surface area contributed by atoms with Gasteiger partial charge >= 0.3 is 0 Å². The van der Waals surface area contributed by atoms with Gasteiger partial charge in [0.1, 0.15) is 5.75 Å². The molecule has 106 valence electrons. The Morgan fingerprint density at radius 3 is 2.80 bits per heavy atom. The summed E-state index contributed by atoms with van der Waals surface area (Å²) in [5, 5.41) is 3.96. The van der Waals surface area contributed by atoms with E-state index in [1.807, 2.05) is 30.5 Å². The number of nitrogens with one attached hydrogen (secondary N) is 1. The number of aromatic nitrogens is 1. The van der Waals surface area contributed by atoms with Gasteiger partial charge in [-0.1, -0.05) is 37.6 Å². The molecule has 1 aliphatic rings. The number of rotatable bonds is 2. The van der Waals surface area contributed by atoms with Crippen molar-refractivity contribution in [3.05, 3.63) is 47.1 Å².